The summed E-state index contributed by atoms with van der Waals surface area (Å²) in [6.07, 6.45) is 1.50. The molecule has 3 N–H and O–H groups in total. The van der Waals surface area contributed by atoms with Gasteiger partial charge in [-0.1, -0.05) is 12.1 Å². The summed E-state index contributed by atoms with van der Waals surface area (Å²) in [6, 6.07) is 7.70. The molecule has 4 heteroatoms. The summed E-state index contributed by atoms with van der Waals surface area (Å²) in [7, 11) is 0. The second-order valence-corrected chi connectivity index (χ2v) is 3.18. The summed E-state index contributed by atoms with van der Waals surface area (Å²) < 4.78 is 12.9. The minimum Gasteiger partial charge on any atom is -0.366 e. The van der Waals surface area contributed by atoms with Gasteiger partial charge < -0.3 is 10.7 Å². The average molecular weight is 204 g/mol. The Morgan fingerprint density at radius 1 is 1.33 bits per heavy atom. The van der Waals surface area contributed by atoms with E-state index >= 15 is 0 Å². The first-order chi connectivity index (χ1) is 7.16. The SMILES string of the molecule is NC(=O)c1c[nH]c(-c2cccc(F)c2)c1. The molecule has 0 aliphatic rings. The summed E-state index contributed by atoms with van der Waals surface area (Å²) in [5, 5.41) is 0. The van der Waals surface area contributed by atoms with E-state index in [9.17, 15) is 9.18 Å². The minimum absolute atomic E-state index is 0.317. The van der Waals surface area contributed by atoms with Crippen molar-refractivity contribution in [3.63, 3.8) is 0 Å². The lowest BCUT2D eigenvalue weighted by Gasteiger charge is -1.96. The number of halogens is 1. The summed E-state index contributed by atoms with van der Waals surface area (Å²) >= 11 is 0. The molecule has 1 heterocycles. The highest BCUT2D eigenvalue weighted by molar-refractivity contribution is 5.93. The molecule has 0 saturated heterocycles. The molecule has 1 amide bonds. The van der Waals surface area contributed by atoms with Gasteiger partial charge in [-0.15, -0.1) is 0 Å². The number of amides is 1. The molecule has 15 heavy (non-hydrogen) atoms. The van der Waals surface area contributed by atoms with E-state index in [2.05, 4.69) is 4.98 Å². The number of aromatic amines is 1. The number of H-pyrrole nitrogens is 1. The highest BCUT2D eigenvalue weighted by atomic mass is 19.1. The van der Waals surface area contributed by atoms with E-state index in [1.807, 2.05) is 0 Å². The molecule has 0 fully saturated rings. The van der Waals surface area contributed by atoms with Crippen molar-refractivity contribution in [1.29, 1.82) is 0 Å². The van der Waals surface area contributed by atoms with E-state index in [0.29, 0.717) is 16.8 Å². The number of aromatic nitrogens is 1. The van der Waals surface area contributed by atoms with Crippen molar-refractivity contribution >= 4 is 5.91 Å². The second kappa shape index (κ2) is 3.57. The van der Waals surface area contributed by atoms with Crippen LogP contribution in [-0.4, -0.2) is 10.9 Å². The molecule has 0 radical (unpaired) electrons. The van der Waals surface area contributed by atoms with E-state index in [-0.39, 0.29) is 5.82 Å². The van der Waals surface area contributed by atoms with Gasteiger partial charge in [0.2, 0.25) is 5.91 Å². The normalized spacial score (nSPS) is 10.2. The fourth-order valence-corrected chi connectivity index (χ4v) is 1.36. The smallest absolute Gasteiger partial charge is 0.250 e. The molecule has 2 aromatic rings. The molecule has 2 rings (SSSR count). The zero-order valence-electron chi connectivity index (χ0n) is 7.83. The van der Waals surface area contributed by atoms with Crippen LogP contribution in [0.5, 0.6) is 0 Å². The molecule has 0 spiro atoms. The van der Waals surface area contributed by atoms with Gasteiger partial charge in [-0.25, -0.2) is 4.39 Å². The molecule has 0 atom stereocenters. The number of hydrogen-bond acceptors (Lipinski definition) is 1. The van der Waals surface area contributed by atoms with E-state index < -0.39 is 5.91 Å². The van der Waals surface area contributed by atoms with Crippen LogP contribution in [-0.2, 0) is 0 Å². The number of carbonyl (C=O) groups excluding carboxylic acids is 1. The Morgan fingerprint density at radius 3 is 2.73 bits per heavy atom. The predicted molar refractivity (Wildman–Crippen MR) is 54.7 cm³/mol. The van der Waals surface area contributed by atoms with Gasteiger partial charge in [-0.05, 0) is 18.2 Å². The highest BCUT2D eigenvalue weighted by Gasteiger charge is 2.05. The van der Waals surface area contributed by atoms with Crippen LogP contribution >= 0.6 is 0 Å². The van der Waals surface area contributed by atoms with E-state index in [0.717, 1.165) is 0 Å². The predicted octanol–water partition coefficient (Wildman–Crippen LogP) is 1.92. The Labute approximate surface area is 85.7 Å². The van der Waals surface area contributed by atoms with E-state index in [1.165, 1.54) is 18.3 Å². The number of rotatable bonds is 2. The largest absolute Gasteiger partial charge is 0.366 e. The lowest BCUT2D eigenvalue weighted by Crippen LogP contribution is -2.09. The van der Waals surface area contributed by atoms with Crippen molar-refractivity contribution in [2.24, 2.45) is 5.73 Å². The van der Waals surface area contributed by atoms with Crippen molar-refractivity contribution in [2.75, 3.05) is 0 Å². The minimum atomic E-state index is -0.506. The van der Waals surface area contributed by atoms with Gasteiger partial charge in [0.15, 0.2) is 0 Å². The number of carbonyl (C=O) groups is 1. The Hall–Kier alpha value is -2.10. The Kier molecular flexibility index (Phi) is 2.25. The molecular weight excluding hydrogens is 195 g/mol. The average Bonchev–Trinajstić information content (AvgIpc) is 2.66. The molecular formula is C11H9FN2O. The molecule has 0 saturated carbocycles. The number of hydrogen-bond donors (Lipinski definition) is 2. The lowest BCUT2D eigenvalue weighted by molar-refractivity contribution is 0.100. The van der Waals surface area contributed by atoms with E-state index in [1.54, 1.807) is 18.2 Å². The maximum atomic E-state index is 12.9. The highest BCUT2D eigenvalue weighted by Crippen LogP contribution is 2.19. The Morgan fingerprint density at radius 2 is 2.13 bits per heavy atom. The molecule has 0 bridgehead atoms. The maximum absolute atomic E-state index is 12.9. The van der Waals surface area contributed by atoms with Crippen LogP contribution in [0.25, 0.3) is 11.3 Å². The first-order valence-electron chi connectivity index (χ1n) is 4.41. The summed E-state index contributed by atoms with van der Waals surface area (Å²) in [4.78, 5) is 13.7. The first kappa shape index (κ1) is 9.45. The second-order valence-electron chi connectivity index (χ2n) is 3.18. The van der Waals surface area contributed by atoms with Crippen LogP contribution in [0.4, 0.5) is 4.39 Å². The van der Waals surface area contributed by atoms with Gasteiger partial charge in [0.05, 0.1) is 5.56 Å². The molecule has 3 nitrogen and oxygen atoms in total. The molecule has 1 aromatic heterocycles. The standard InChI is InChI=1S/C11H9FN2O/c12-9-3-1-2-7(4-9)10-5-8(6-14-10)11(13)15/h1-6,14H,(H2,13,15). The summed E-state index contributed by atoms with van der Waals surface area (Å²) in [5.74, 6) is -0.823. The molecule has 1 aromatic carbocycles. The van der Waals surface area contributed by atoms with Crippen LogP contribution in [0.15, 0.2) is 36.5 Å². The van der Waals surface area contributed by atoms with Crippen molar-refractivity contribution in [2.45, 2.75) is 0 Å². The van der Waals surface area contributed by atoms with Crippen LogP contribution in [0, 0.1) is 5.82 Å². The third-order valence-corrected chi connectivity index (χ3v) is 2.10. The molecule has 0 aliphatic carbocycles. The number of nitrogens with one attached hydrogen (secondary N) is 1. The van der Waals surface area contributed by atoms with Gasteiger partial charge in [-0.3, -0.25) is 4.79 Å². The Bertz CT molecular complexity index is 505. The third kappa shape index (κ3) is 1.88. The van der Waals surface area contributed by atoms with Crippen molar-refractivity contribution in [3.8, 4) is 11.3 Å². The van der Waals surface area contributed by atoms with Crippen LogP contribution < -0.4 is 5.73 Å². The van der Waals surface area contributed by atoms with Gasteiger partial charge in [0.25, 0.3) is 0 Å². The fraction of sp³-hybridized carbons (Fsp3) is 0. The van der Waals surface area contributed by atoms with Crippen molar-refractivity contribution in [3.05, 3.63) is 47.9 Å². The zero-order valence-corrected chi connectivity index (χ0v) is 7.83. The molecule has 76 valence electrons. The first-order valence-corrected chi connectivity index (χ1v) is 4.41. The van der Waals surface area contributed by atoms with Crippen molar-refractivity contribution < 1.29 is 9.18 Å². The lowest BCUT2D eigenvalue weighted by atomic mass is 10.1. The quantitative estimate of drug-likeness (QED) is 0.771. The third-order valence-electron chi connectivity index (χ3n) is 2.10. The summed E-state index contributed by atoms with van der Waals surface area (Å²) in [5.41, 5.74) is 6.84. The molecule has 0 aliphatic heterocycles. The van der Waals surface area contributed by atoms with Gasteiger partial charge in [0.1, 0.15) is 5.82 Å². The zero-order chi connectivity index (χ0) is 10.8. The van der Waals surface area contributed by atoms with E-state index in [4.69, 9.17) is 5.73 Å². The maximum Gasteiger partial charge on any atom is 0.250 e. The van der Waals surface area contributed by atoms with Gasteiger partial charge in [0, 0.05) is 17.5 Å². The number of benzene rings is 1. The number of nitrogens with two attached hydrogens (primary N) is 1. The number of primary amides is 1. The fourth-order valence-electron chi connectivity index (χ4n) is 1.36. The molecule has 0 unspecified atom stereocenters. The van der Waals surface area contributed by atoms with Crippen LogP contribution in [0.3, 0.4) is 0 Å². The van der Waals surface area contributed by atoms with Crippen molar-refractivity contribution in [1.82, 2.24) is 4.98 Å². The monoisotopic (exact) mass is 204 g/mol. The van der Waals surface area contributed by atoms with Gasteiger partial charge >= 0.3 is 0 Å². The van der Waals surface area contributed by atoms with Gasteiger partial charge in [-0.2, -0.15) is 0 Å². The topological polar surface area (TPSA) is 58.9 Å². The Balaban J connectivity index is 2.41. The van der Waals surface area contributed by atoms with Crippen LogP contribution in [0.2, 0.25) is 0 Å². The summed E-state index contributed by atoms with van der Waals surface area (Å²) in [6.45, 7) is 0. The van der Waals surface area contributed by atoms with Crippen LogP contribution in [0.1, 0.15) is 10.4 Å².